The van der Waals surface area contributed by atoms with Gasteiger partial charge in [-0.15, -0.1) is 0 Å². The van der Waals surface area contributed by atoms with E-state index < -0.39 is 10.0 Å². The Morgan fingerprint density at radius 1 is 1.27 bits per heavy atom. The third kappa shape index (κ3) is 3.80. The van der Waals surface area contributed by atoms with Crippen molar-refractivity contribution in [2.24, 2.45) is 0 Å². The number of ether oxygens (including phenoxy) is 1. The van der Waals surface area contributed by atoms with E-state index in [0.29, 0.717) is 37.0 Å². The van der Waals surface area contributed by atoms with Gasteiger partial charge < -0.3 is 4.74 Å². The summed E-state index contributed by atoms with van der Waals surface area (Å²) in [5, 5.41) is 3.30. The average Bonchev–Trinajstić information content (AvgIpc) is 3.04. The standard InChI is InChI=1S/C17H21N3O4S2/c1-3-20(4-2)26(22,23)13-7-5-12(6-8-13)16(21)19-17-18-14-9-10-24-11-15(14)25-17/h5-8H,3-4,9-11H2,1-2H3,(H,18,19,21). The fourth-order valence-corrected chi connectivity index (χ4v) is 5.14. The van der Waals surface area contributed by atoms with Crippen LogP contribution in [0.1, 0.15) is 34.8 Å². The van der Waals surface area contributed by atoms with Gasteiger partial charge in [-0.05, 0) is 24.3 Å². The van der Waals surface area contributed by atoms with Crippen molar-refractivity contribution in [1.82, 2.24) is 9.29 Å². The quantitative estimate of drug-likeness (QED) is 0.812. The highest BCUT2D eigenvalue weighted by atomic mass is 32.2. The predicted molar refractivity (Wildman–Crippen MR) is 100.0 cm³/mol. The Morgan fingerprint density at radius 2 is 1.96 bits per heavy atom. The Kier molecular flexibility index (Phi) is 5.71. The SMILES string of the molecule is CCN(CC)S(=O)(=O)c1ccc(C(=O)Nc2nc3c(s2)COCC3)cc1. The highest BCUT2D eigenvalue weighted by Gasteiger charge is 2.22. The molecule has 0 fully saturated rings. The minimum absolute atomic E-state index is 0.180. The van der Waals surface area contributed by atoms with Crippen LogP contribution in [-0.2, 0) is 27.8 Å². The lowest BCUT2D eigenvalue weighted by atomic mass is 10.2. The third-order valence-electron chi connectivity index (χ3n) is 4.17. The second-order valence-corrected chi connectivity index (χ2v) is 8.78. The van der Waals surface area contributed by atoms with Crippen molar-refractivity contribution < 1.29 is 17.9 Å². The number of hydrogen-bond acceptors (Lipinski definition) is 6. The van der Waals surface area contributed by atoms with E-state index >= 15 is 0 Å². The van der Waals surface area contributed by atoms with Crippen LogP contribution in [-0.4, -0.2) is 43.3 Å². The molecule has 2 heterocycles. The number of benzene rings is 1. The van der Waals surface area contributed by atoms with E-state index in [9.17, 15) is 13.2 Å². The zero-order chi connectivity index (χ0) is 18.7. The summed E-state index contributed by atoms with van der Waals surface area (Å²) in [6.07, 6.45) is 0.750. The van der Waals surface area contributed by atoms with E-state index in [0.717, 1.165) is 17.0 Å². The van der Waals surface area contributed by atoms with Crippen LogP contribution in [0, 0.1) is 0 Å². The Balaban J connectivity index is 1.74. The highest BCUT2D eigenvalue weighted by Crippen LogP contribution is 2.27. The van der Waals surface area contributed by atoms with Gasteiger partial charge in [-0.1, -0.05) is 25.2 Å². The molecule has 1 N–H and O–H groups in total. The van der Waals surface area contributed by atoms with Crippen molar-refractivity contribution in [3.05, 3.63) is 40.4 Å². The highest BCUT2D eigenvalue weighted by molar-refractivity contribution is 7.89. The first kappa shape index (κ1) is 19.0. The van der Waals surface area contributed by atoms with Gasteiger partial charge in [0.25, 0.3) is 5.91 Å². The van der Waals surface area contributed by atoms with Gasteiger partial charge in [-0.2, -0.15) is 4.31 Å². The number of rotatable bonds is 6. The van der Waals surface area contributed by atoms with Crippen molar-refractivity contribution in [2.75, 3.05) is 25.0 Å². The summed E-state index contributed by atoms with van der Waals surface area (Å²) in [5.74, 6) is -0.316. The van der Waals surface area contributed by atoms with Crippen molar-refractivity contribution in [1.29, 1.82) is 0 Å². The normalized spacial score (nSPS) is 14.3. The molecule has 26 heavy (non-hydrogen) atoms. The molecule has 1 aromatic heterocycles. The molecule has 0 unspecified atom stereocenters. The molecule has 9 heteroatoms. The van der Waals surface area contributed by atoms with Gasteiger partial charge >= 0.3 is 0 Å². The Labute approximate surface area is 157 Å². The molecule has 1 aromatic carbocycles. The lowest BCUT2D eigenvalue weighted by Crippen LogP contribution is -2.30. The van der Waals surface area contributed by atoms with Gasteiger partial charge in [0.15, 0.2) is 5.13 Å². The molecule has 3 rings (SSSR count). The summed E-state index contributed by atoms with van der Waals surface area (Å²) in [4.78, 5) is 18.0. The van der Waals surface area contributed by atoms with Crippen LogP contribution in [0.15, 0.2) is 29.2 Å². The van der Waals surface area contributed by atoms with Gasteiger partial charge in [0.1, 0.15) is 0 Å². The lowest BCUT2D eigenvalue weighted by molar-refractivity contribution is 0.102. The largest absolute Gasteiger partial charge is 0.375 e. The number of nitrogens with zero attached hydrogens (tertiary/aromatic N) is 2. The van der Waals surface area contributed by atoms with E-state index in [2.05, 4.69) is 10.3 Å². The number of nitrogens with one attached hydrogen (secondary N) is 1. The first-order chi connectivity index (χ1) is 12.5. The minimum atomic E-state index is -3.53. The van der Waals surface area contributed by atoms with E-state index in [1.54, 1.807) is 13.8 Å². The zero-order valence-electron chi connectivity index (χ0n) is 14.7. The maximum atomic E-state index is 12.5. The fourth-order valence-electron chi connectivity index (χ4n) is 2.74. The second-order valence-electron chi connectivity index (χ2n) is 5.76. The molecule has 0 spiro atoms. The molecule has 0 saturated heterocycles. The van der Waals surface area contributed by atoms with Crippen molar-refractivity contribution in [3.8, 4) is 0 Å². The van der Waals surface area contributed by atoms with E-state index in [1.165, 1.54) is 39.9 Å². The fraction of sp³-hybridized carbons (Fsp3) is 0.412. The molecule has 0 saturated carbocycles. The summed E-state index contributed by atoms with van der Waals surface area (Å²) in [7, 11) is -3.53. The number of amides is 1. The summed E-state index contributed by atoms with van der Waals surface area (Å²) < 4.78 is 31.7. The average molecular weight is 396 g/mol. The molecule has 7 nitrogen and oxygen atoms in total. The lowest BCUT2D eigenvalue weighted by Gasteiger charge is -2.18. The Bertz CT molecular complexity index is 864. The molecule has 0 radical (unpaired) electrons. The van der Waals surface area contributed by atoms with Crippen LogP contribution in [0.4, 0.5) is 5.13 Å². The zero-order valence-corrected chi connectivity index (χ0v) is 16.3. The topological polar surface area (TPSA) is 88.6 Å². The number of carbonyl (C=O) groups is 1. The van der Waals surface area contributed by atoms with Gasteiger partial charge in [-0.3, -0.25) is 10.1 Å². The van der Waals surface area contributed by atoms with Crippen molar-refractivity contribution >= 4 is 32.4 Å². The molecule has 1 aliphatic heterocycles. The molecule has 0 aliphatic carbocycles. The predicted octanol–water partition coefficient (Wildman–Crippen LogP) is 2.50. The monoisotopic (exact) mass is 395 g/mol. The first-order valence-corrected chi connectivity index (χ1v) is 10.7. The number of fused-ring (bicyclic) bond motifs is 1. The Hall–Kier alpha value is -1.81. The van der Waals surface area contributed by atoms with E-state index in [4.69, 9.17) is 4.74 Å². The van der Waals surface area contributed by atoms with Crippen LogP contribution in [0.25, 0.3) is 0 Å². The molecule has 1 amide bonds. The molecule has 0 bridgehead atoms. The number of hydrogen-bond donors (Lipinski definition) is 1. The van der Waals surface area contributed by atoms with Gasteiger partial charge in [0.05, 0.1) is 28.7 Å². The van der Waals surface area contributed by atoms with E-state index in [-0.39, 0.29) is 10.8 Å². The van der Waals surface area contributed by atoms with Gasteiger partial charge in [0.2, 0.25) is 10.0 Å². The third-order valence-corrected chi connectivity index (χ3v) is 7.23. The maximum Gasteiger partial charge on any atom is 0.257 e. The minimum Gasteiger partial charge on any atom is -0.375 e. The summed E-state index contributed by atoms with van der Waals surface area (Å²) in [6.45, 7) is 5.56. The molecular weight excluding hydrogens is 374 g/mol. The number of anilines is 1. The van der Waals surface area contributed by atoms with Crippen molar-refractivity contribution in [3.63, 3.8) is 0 Å². The molecular formula is C17H21N3O4S2. The number of aromatic nitrogens is 1. The van der Waals surface area contributed by atoms with Crippen LogP contribution in [0.3, 0.4) is 0 Å². The number of sulfonamides is 1. The summed E-state index contributed by atoms with van der Waals surface area (Å²) in [6, 6.07) is 5.96. The second kappa shape index (κ2) is 7.83. The number of thiazole rings is 1. The summed E-state index contributed by atoms with van der Waals surface area (Å²) >= 11 is 1.40. The van der Waals surface area contributed by atoms with Crippen LogP contribution < -0.4 is 5.32 Å². The van der Waals surface area contributed by atoms with Crippen molar-refractivity contribution in [2.45, 2.75) is 31.8 Å². The molecule has 0 atom stereocenters. The first-order valence-electron chi connectivity index (χ1n) is 8.43. The smallest absolute Gasteiger partial charge is 0.257 e. The summed E-state index contributed by atoms with van der Waals surface area (Å²) in [5.41, 5.74) is 1.35. The maximum absolute atomic E-state index is 12.5. The number of carbonyl (C=O) groups excluding carboxylic acids is 1. The molecule has 1 aliphatic rings. The van der Waals surface area contributed by atoms with Crippen LogP contribution in [0.2, 0.25) is 0 Å². The van der Waals surface area contributed by atoms with Gasteiger partial charge in [0, 0.05) is 25.1 Å². The van der Waals surface area contributed by atoms with Gasteiger partial charge in [-0.25, -0.2) is 13.4 Å². The van der Waals surface area contributed by atoms with Crippen LogP contribution >= 0.6 is 11.3 Å². The Morgan fingerprint density at radius 3 is 2.58 bits per heavy atom. The van der Waals surface area contributed by atoms with Crippen LogP contribution in [0.5, 0.6) is 0 Å². The van der Waals surface area contributed by atoms with E-state index in [1.807, 2.05) is 0 Å². The molecule has 2 aromatic rings. The molecule has 140 valence electrons.